The number of aliphatic hydroxyl groups excluding tert-OH is 1. The summed E-state index contributed by atoms with van der Waals surface area (Å²) in [6, 6.07) is 14.8. The van der Waals surface area contributed by atoms with E-state index in [-0.39, 0.29) is 19.1 Å². The summed E-state index contributed by atoms with van der Waals surface area (Å²) in [6.07, 6.45) is 1.67. The molecule has 0 saturated carbocycles. The molecule has 4 rings (SSSR count). The molecule has 0 aliphatic carbocycles. The number of hydrogen-bond acceptors (Lipinski definition) is 7. The normalized spacial score (nSPS) is 13.0. The zero-order chi connectivity index (χ0) is 21.6. The number of amides is 1. The molecule has 0 unspecified atom stereocenters. The van der Waals surface area contributed by atoms with Crippen LogP contribution in [0.5, 0.6) is 5.75 Å². The maximum atomic E-state index is 12.4. The fraction of sp³-hybridized carbons (Fsp3) is 0.227. The first-order valence-electron chi connectivity index (χ1n) is 9.89. The van der Waals surface area contributed by atoms with Gasteiger partial charge in [0, 0.05) is 42.1 Å². The van der Waals surface area contributed by atoms with Gasteiger partial charge in [0.1, 0.15) is 5.75 Å². The summed E-state index contributed by atoms with van der Waals surface area (Å²) in [4.78, 5) is 23.0. The van der Waals surface area contributed by atoms with E-state index in [0.29, 0.717) is 47.7 Å². The molecule has 31 heavy (non-hydrogen) atoms. The molecule has 2 aromatic carbocycles. The van der Waals surface area contributed by atoms with Crippen molar-refractivity contribution < 1.29 is 14.6 Å². The first kappa shape index (κ1) is 21.0. The van der Waals surface area contributed by atoms with Crippen LogP contribution in [0.3, 0.4) is 0 Å². The number of carbonyl (C=O) groups is 1. The third-order valence-corrected chi connectivity index (χ3v) is 4.97. The second-order valence-corrected chi connectivity index (χ2v) is 7.33. The fourth-order valence-corrected chi connectivity index (χ4v) is 3.47. The van der Waals surface area contributed by atoms with Crippen LogP contribution in [-0.4, -0.2) is 53.8 Å². The monoisotopic (exact) mass is 439 g/mol. The van der Waals surface area contributed by atoms with Gasteiger partial charge in [-0.1, -0.05) is 17.7 Å². The zero-order valence-electron chi connectivity index (χ0n) is 16.7. The van der Waals surface area contributed by atoms with Crippen LogP contribution in [0.15, 0.2) is 54.7 Å². The first-order valence-corrected chi connectivity index (χ1v) is 10.3. The maximum Gasteiger partial charge on any atom is 0.265 e. The van der Waals surface area contributed by atoms with E-state index in [1.807, 2.05) is 36.4 Å². The topological polar surface area (TPSA) is 99.6 Å². The van der Waals surface area contributed by atoms with E-state index in [0.717, 1.165) is 11.3 Å². The number of anilines is 3. The molecule has 0 atom stereocenters. The van der Waals surface area contributed by atoms with Crippen molar-refractivity contribution >= 4 is 34.8 Å². The molecule has 2 heterocycles. The average Bonchev–Trinajstić information content (AvgIpc) is 2.78. The van der Waals surface area contributed by atoms with Crippen LogP contribution in [0, 0.1) is 0 Å². The molecule has 1 aliphatic heterocycles. The third-order valence-electron chi connectivity index (χ3n) is 4.73. The van der Waals surface area contributed by atoms with Crippen LogP contribution in [0.1, 0.15) is 0 Å². The number of nitrogens with zero attached hydrogens (tertiary/aromatic N) is 3. The highest BCUT2D eigenvalue weighted by Gasteiger charge is 2.25. The summed E-state index contributed by atoms with van der Waals surface area (Å²) in [5.74, 6) is 0.980. The Morgan fingerprint density at radius 1 is 1.16 bits per heavy atom. The van der Waals surface area contributed by atoms with E-state index < -0.39 is 0 Å². The van der Waals surface area contributed by atoms with Gasteiger partial charge in [0.2, 0.25) is 5.95 Å². The van der Waals surface area contributed by atoms with Crippen molar-refractivity contribution in [1.29, 1.82) is 0 Å². The van der Waals surface area contributed by atoms with E-state index in [1.165, 1.54) is 0 Å². The number of aliphatic hydroxyl groups is 1. The molecule has 1 aromatic heterocycles. The summed E-state index contributed by atoms with van der Waals surface area (Å²) in [6.45, 7) is 1.58. The molecule has 0 saturated heterocycles. The van der Waals surface area contributed by atoms with E-state index in [9.17, 15) is 4.79 Å². The Kier molecular flexibility index (Phi) is 6.61. The fourth-order valence-electron chi connectivity index (χ4n) is 3.28. The van der Waals surface area contributed by atoms with Gasteiger partial charge in [0.15, 0.2) is 6.61 Å². The van der Waals surface area contributed by atoms with Crippen LogP contribution in [0.2, 0.25) is 5.02 Å². The Balaban J connectivity index is 1.58. The third kappa shape index (κ3) is 5.11. The number of rotatable bonds is 8. The second kappa shape index (κ2) is 9.74. The number of carbonyl (C=O) groups excluding carboxylic acids is 1. The number of nitrogens with one attached hydrogen (secondary N) is 2. The molecule has 0 bridgehead atoms. The number of aromatic nitrogens is 2. The lowest BCUT2D eigenvalue weighted by atomic mass is 10.1. The van der Waals surface area contributed by atoms with Gasteiger partial charge in [0.25, 0.3) is 5.91 Å². The van der Waals surface area contributed by atoms with E-state index in [1.54, 1.807) is 23.2 Å². The van der Waals surface area contributed by atoms with Gasteiger partial charge in [-0.15, -0.1) is 0 Å². The van der Waals surface area contributed by atoms with Crippen LogP contribution in [0.25, 0.3) is 11.3 Å². The molecular weight excluding hydrogens is 418 g/mol. The molecule has 3 N–H and O–H groups in total. The van der Waals surface area contributed by atoms with Gasteiger partial charge in [-0.2, -0.15) is 0 Å². The number of halogens is 1. The van der Waals surface area contributed by atoms with Gasteiger partial charge in [-0.05, 0) is 42.5 Å². The summed E-state index contributed by atoms with van der Waals surface area (Å²) in [5.41, 5.74) is 3.03. The van der Waals surface area contributed by atoms with Crippen molar-refractivity contribution in [3.8, 4) is 17.0 Å². The van der Waals surface area contributed by atoms with Crippen LogP contribution in [0.4, 0.5) is 17.3 Å². The lowest BCUT2D eigenvalue weighted by Gasteiger charge is -2.30. The first-order chi connectivity index (χ1) is 15.1. The smallest absolute Gasteiger partial charge is 0.265 e. The summed E-state index contributed by atoms with van der Waals surface area (Å²) >= 11 is 6.04. The van der Waals surface area contributed by atoms with Gasteiger partial charge >= 0.3 is 0 Å². The number of fused-ring (bicyclic) bond motifs is 1. The van der Waals surface area contributed by atoms with Gasteiger partial charge < -0.3 is 25.4 Å². The van der Waals surface area contributed by atoms with Gasteiger partial charge in [-0.25, -0.2) is 9.97 Å². The van der Waals surface area contributed by atoms with Gasteiger partial charge in [0.05, 0.1) is 18.0 Å². The Labute approximate surface area is 184 Å². The molecule has 160 valence electrons. The van der Waals surface area contributed by atoms with E-state index >= 15 is 0 Å². The zero-order valence-corrected chi connectivity index (χ0v) is 17.5. The van der Waals surface area contributed by atoms with Crippen LogP contribution >= 0.6 is 11.6 Å². The molecule has 0 spiro atoms. The molecule has 9 heteroatoms. The summed E-state index contributed by atoms with van der Waals surface area (Å²) in [5, 5.41) is 15.8. The molecule has 0 fully saturated rings. The molecule has 3 aromatic rings. The van der Waals surface area contributed by atoms with Crippen molar-refractivity contribution in [2.24, 2.45) is 0 Å². The predicted molar refractivity (Wildman–Crippen MR) is 120 cm³/mol. The lowest BCUT2D eigenvalue weighted by Crippen LogP contribution is -2.42. The maximum absolute atomic E-state index is 12.4. The summed E-state index contributed by atoms with van der Waals surface area (Å²) in [7, 11) is 0. The largest absolute Gasteiger partial charge is 0.482 e. The van der Waals surface area contributed by atoms with Crippen molar-refractivity contribution in [2.75, 3.05) is 43.1 Å². The Morgan fingerprint density at radius 2 is 2.06 bits per heavy atom. The van der Waals surface area contributed by atoms with Gasteiger partial charge in [-0.3, -0.25) is 4.79 Å². The van der Waals surface area contributed by atoms with E-state index in [4.69, 9.17) is 21.4 Å². The quantitative estimate of drug-likeness (QED) is 0.464. The van der Waals surface area contributed by atoms with Crippen molar-refractivity contribution in [1.82, 2.24) is 15.3 Å². The Bertz CT molecular complexity index is 1080. The molecule has 8 nitrogen and oxygen atoms in total. The minimum atomic E-state index is -0.110. The van der Waals surface area contributed by atoms with Crippen LogP contribution < -0.4 is 20.3 Å². The van der Waals surface area contributed by atoms with Crippen LogP contribution in [-0.2, 0) is 4.79 Å². The Hall–Kier alpha value is -3.20. The second-order valence-electron chi connectivity index (χ2n) is 6.89. The molecular formula is C22H22ClN5O3. The van der Waals surface area contributed by atoms with E-state index in [2.05, 4.69) is 20.6 Å². The average molecular weight is 440 g/mol. The SMILES string of the molecule is O=C1COc2ccc(-c3ccnc(Nc4cccc(Cl)c4)n3)cc2N1CCNCCO. The number of ether oxygens (including phenoxy) is 1. The van der Waals surface area contributed by atoms with Crippen molar-refractivity contribution in [3.63, 3.8) is 0 Å². The van der Waals surface area contributed by atoms with Crippen molar-refractivity contribution in [2.45, 2.75) is 0 Å². The minimum Gasteiger partial charge on any atom is -0.482 e. The lowest BCUT2D eigenvalue weighted by molar-refractivity contribution is -0.121. The highest BCUT2D eigenvalue weighted by molar-refractivity contribution is 6.30. The molecule has 1 aliphatic rings. The Morgan fingerprint density at radius 3 is 2.90 bits per heavy atom. The molecule has 0 radical (unpaired) electrons. The highest BCUT2D eigenvalue weighted by atomic mass is 35.5. The minimum absolute atomic E-state index is 0.00750. The predicted octanol–water partition coefficient (Wildman–Crippen LogP) is 2.85. The number of benzene rings is 2. The standard InChI is InChI=1S/C22H22ClN5O3/c23-16-2-1-3-17(13-16)26-22-25-7-6-18(27-22)15-4-5-20-19(12-15)28(21(30)14-31-20)10-8-24-9-11-29/h1-7,12-13,24,29H,8-11,14H2,(H,25,26,27). The highest BCUT2D eigenvalue weighted by Crippen LogP contribution is 2.35. The molecule has 1 amide bonds. The summed E-state index contributed by atoms with van der Waals surface area (Å²) < 4.78 is 5.59. The number of hydrogen-bond donors (Lipinski definition) is 3. The van der Waals surface area contributed by atoms with Crippen molar-refractivity contribution in [3.05, 3.63) is 59.8 Å².